The molecule has 0 unspecified atom stereocenters. The molecule has 24 heavy (non-hydrogen) atoms. The Kier molecular flexibility index (Phi) is 4.74. The van der Waals surface area contributed by atoms with Crippen LogP contribution in [-0.4, -0.2) is 35.4 Å². The molecule has 1 fully saturated rings. The molecule has 1 aliphatic heterocycles. The van der Waals surface area contributed by atoms with Crippen LogP contribution >= 0.6 is 0 Å². The summed E-state index contributed by atoms with van der Waals surface area (Å²) in [6, 6.07) is 11.1. The standard InChI is InChI=1S/C18H19N3O3/c1-24-16-7-3-2-5-13(16)11-21-12-14(9-17(21)22)18(23)20-15-6-4-8-19-10-15/h2-8,10,14H,9,11-12H2,1H3,(H,20,23)/t14-/m0/s1. The van der Waals surface area contributed by atoms with Gasteiger partial charge in [0.25, 0.3) is 0 Å². The van der Waals surface area contributed by atoms with Crippen molar-refractivity contribution < 1.29 is 14.3 Å². The van der Waals surface area contributed by atoms with E-state index in [4.69, 9.17) is 4.74 Å². The Morgan fingerprint density at radius 3 is 2.92 bits per heavy atom. The Bertz CT molecular complexity index is 733. The van der Waals surface area contributed by atoms with Crippen LogP contribution in [0.3, 0.4) is 0 Å². The zero-order valence-electron chi connectivity index (χ0n) is 13.4. The van der Waals surface area contributed by atoms with Crippen LogP contribution in [-0.2, 0) is 16.1 Å². The van der Waals surface area contributed by atoms with E-state index < -0.39 is 0 Å². The minimum absolute atomic E-state index is 0.0211. The van der Waals surface area contributed by atoms with Gasteiger partial charge in [-0.2, -0.15) is 0 Å². The minimum Gasteiger partial charge on any atom is -0.496 e. The molecule has 0 saturated carbocycles. The number of likely N-dealkylation sites (tertiary alicyclic amines) is 1. The Labute approximate surface area is 140 Å². The van der Waals surface area contributed by atoms with Crippen molar-refractivity contribution in [2.45, 2.75) is 13.0 Å². The normalized spacial score (nSPS) is 17.0. The number of para-hydroxylation sites is 1. The lowest BCUT2D eigenvalue weighted by Gasteiger charge is -2.18. The molecule has 0 radical (unpaired) electrons. The largest absolute Gasteiger partial charge is 0.496 e. The second-order valence-corrected chi connectivity index (χ2v) is 5.72. The van der Waals surface area contributed by atoms with E-state index in [0.717, 1.165) is 11.3 Å². The van der Waals surface area contributed by atoms with E-state index in [0.29, 0.717) is 18.8 Å². The van der Waals surface area contributed by atoms with Crippen LogP contribution in [0.25, 0.3) is 0 Å². The third kappa shape index (κ3) is 3.53. The van der Waals surface area contributed by atoms with Crippen molar-refractivity contribution in [3.63, 3.8) is 0 Å². The second kappa shape index (κ2) is 7.12. The number of hydrogen-bond donors (Lipinski definition) is 1. The van der Waals surface area contributed by atoms with E-state index >= 15 is 0 Å². The first-order chi connectivity index (χ1) is 11.7. The van der Waals surface area contributed by atoms with Gasteiger partial charge < -0.3 is 15.0 Å². The molecule has 124 valence electrons. The van der Waals surface area contributed by atoms with Crippen LogP contribution in [0, 0.1) is 5.92 Å². The number of carbonyl (C=O) groups excluding carboxylic acids is 2. The number of carbonyl (C=O) groups is 2. The molecule has 6 nitrogen and oxygen atoms in total. The summed E-state index contributed by atoms with van der Waals surface area (Å²) in [6.07, 6.45) is 3.45. The van der Waals surface area contributed by atoms with Crippen LogP contribution in [0.2, 0.25) is 0 Å². The first-order valence-electron chi connectivity index (χ1n) is 7.78. The van der Waals surface area contributed by atoms with Crippen LogP contribution in [0.5, 0.6) is 5.75 Å². The van der Waals surface area contributed by atoms with E-state index in [1.165, 1.54) is 0 Å². The zero-order valence-corrected chi connectivity index (χ0v) is 13.4. The minimum atomic E-state index is -0.354. The summed E-state index contributed by atoms with van der Waals surface area (Å²) in [6.45, 7) is 0.850. The monoisotopic (exact) mass is 325 g/mol. The van der Waals surface area contributed by atoms with Gasteiger partial charge in [-0.3, -0.25) is 14.6 Å². The summed E-state index contributed by atoms with van der Waals surface area (Å²) in [5.41, 5.74) is 1.57. The van der Waals surface area contributed by atoms with Gasteiger partial charge in [0.2, 0.25) is 11.8 Å². The molecule has 2 aromatic rings. The van der Waals surface area contributed by atoms with E-state index in [1.54, 1.807) is 36.5 Å². The van der Waals surface area contributed by atoms with Crippen LogP contribution in [0.1, 0.15) is 12.0 Å². The number of rotatable bonds is 5. The molecule has 1 aliphatic rings. The Morgan fingerprint density at radius 2 is 2.17 bits per heavy atom. The Morgan fingerprint density at radius 1 is 1.33 bits per heavy atom. The van der Waals surface area contributed by atoms with Gasteiger partial charge in [-0.1, -0.05) is 18.2 Å². The highest BCUT2D eigenvalue weighted by atomic mass is 16.5. The maximum absolute atomic E-state index is 12.3. The van der Waals surface area contributed by atoms with Gasteiger partial charge in [0.1, 0.15) is 5.75 Å². The second-order valence-electron chi connectivity index (χ2n) is 5.72. The third-order valence-corrected chi connectivity index (χ3v) is 4.07. The SMILES string of the molecule is COc1ccccc1CN1C[C@@H](C(=O)Nc2cccnc2)CC1=O. The molecule has 2 amide bonds. The lowest BCUT2D eigenvalue weighted by atomic mass is 10.1. The summed E-state index contributed by atoms with van der Waals surface area (Å²) < 4.78 is 5.32. The predicted molar refractivity (Wildman–Crippen MR) is 89.4 cm³/mol. The molecule has 2 heterocycles. The van der Waals surface area contributed by atoms with Gasteiger partial charge in [0.05, 0.1) is 24.9 Å². The molecule has 0 bridgehead atoms. The summed E-state index contributed by atoms with van der Waals surface area (Å²) in [4.78, 5) is 30.2. The predicted octanol–water partition coefficient (Wildman–Crippen LogP) is 2.08. The topological polar surface area (TPSA) is 71.5 Å². The molecule has 6 heteroatoms. The van der Waals surface area contributed by atoms with E-state index in [2.05, 4.69) is 10.3 Å². The molecule has 1 aromatic heterocycles. The summed E-state index contributed by atoms with van der Waals surface area (Å²) in [5, 5.41) is 2.81. The number of nitrogens with one attached hydrogen (secondary N) is 1. The number of aromatic nitrogens is 1. The maximum atomic E-state index is 12.3. The number of pyridine rings is 1. The van der Waals surface area contributed by atoms with Gasteiger partial charge in [-0.15, -0.1) is 0 Å². The van der Waals surface area contributed by atoms with Crippen molar-refractivity contribution in [1.82, 2.24) is 9.88 Å². The van der Waals surface area contributed by atoms with Crippen molar-refractivity contribution in [1.29, 1.82) is 0 Å². The molecule has 3 rings (SSSR count). The average Bonchev–Trinajstić information content (AvgIpc) is 2.97. The van der Waals surface area contributed by atoms with Crippen molar-refractivity contribution >= 4 is 17.5 Å². The lowest BCUT2D eigenvalue weighted by molar-refractivity contribution is -0.128. The number of anilines is 1. The molecule has 1 atom stereocenters. The third-order valence-electron chi connectivity index (χ3n) is 4.07. The average molecular weight is 325 g/mol. The highest BCUT2D eigenvalue weighted by Crippen LogP contribution is 2.25. The maximum Gasteiger partial charge on any atom is 0.229 e. The number of methoxy groups -OCH3 is 1. The molecular formula is C18H19N3O3. The molecule has 0 aliphatic carbocycles. The Hall–Kier alpha value is -2.89. The molecule has 1 aromatic carbocycles. The fourth-order valence-electron chi connectivity index (χ4n) is 2.82. The number of benzene rings is 1. The van der Waals surface area contributed by atoms with Crippen molar-refractivity contribution in [2.75, 3.05) is 19.0 Å². The smallest absolute Gasteiger partial charge is 0.229 e. The molecule has 1 N–H and O–H groups in total. The molecular weight excluding hydrogens is 306 g/mol. The quantitative estimate of drug-likeness (QED) is 0.913. The molecule has 0 spiro atoms. The van der Waals surface area contributed by atoms with Gasteiger partial charge in [0, 0.05) is 31.3 Å². The van der Waals surface area contributed by atoms with Crippen molar-refractivity contribution in [2.24, 2.45) is 5.92 Å². The van der Waals surface area contributed by atoms with Crippen molar-refractivity contribution in [3.8, 4) is 5.75 Å². The Balaban J connectivity index is 1.64. The van der Waals surface area contributed by atoms with E-state index in [-0.39, 0.29) is 24.2 Å². The number of nitrogens with zero attached hydrogens (tertiary/aromatic N) is 2. The highest BCUT2D eigenvalue weighted by Gasteiger charge is 2.34. The summed E-state index contributed by atoms with van der Waals surface area (Å²) >= 11 is 0. The van der Waals surface area contributed by atoms with Crippen LogP contribution in [0.15, 0.2) is 48.8 Å². The zero-order chi connectivity index (χ0) is 16.9. The van der Waals surface area contributed by atoms with Gasteiger partial charge in [0.15, 0.2) is 0 Å². The van der Waals surface area contributed by atoms with E-state index in [9.17, 15) is 9.59 Å². The summed E-state index contributed by atoms with van der Waals surface area (Å²) in [5.74, 6) is 0.215. The summed E-state index contributed by atoms with van der Waals surface area (Å²) in [7, 11) is 1.61. The first kappa shape index (κ1) is 16.0. The first-order valence-corrected chi connectivity index (χ1v) is 7.78. The van der Waals surface area contributed by atoms with E-state index in [1.807, 2.05) is 24.3 Å². The lowest BCUT2D eigenvalue weighted by Crippen LogP contribution is -2.28. The number of amides is 2. The highest BCUT2D eigenvalue weighted by molar-refractivity contribution is 5.97. The molecule has 1 saturated heterocycles. The number of ether oxygens (including phenoxy) is 1. The van der Waals surface area contributed by atoms with Crippen LogP contribution in [0.4, 0.5) is 5.69 Å². The van der Waals surface area contributed by atoms with Crippen LogP contribution < -0.4 is 10.1 Å². The fourth-order valence-corrected chi connectivity index (χ4v) is 2.82. The van der Waals surface area contributed by atoms with Crippen molar-refractivity contribution in [3.05, 3.63) is 54.4 Å². The fraction of sp³-hybridized carbons (Fsp3) is 0.278. The van der Waals surface area contributed by atoms with Gasteiger partial charge >= 0.3 is 0 Å². The van der Waals surface area contributed by atoms with Gasteiger partial charge in [-0.05, 0) is 18.2 Å². The van der Waals surface area contributed by atoms with Gasteiger partial charge in [-0.25, -0.2) is 0 Å². The number of hydrogen-bond acceptors (Lipinski definition) is 4.